The molecule has 3 rings (SSSR count). The molecule has 1 atom stereocenters. The van der Waals surface area contributed by atoms with Crippen molar-refractivity contribution >= 4 is 5.91 Å². The molecule has 1 aliphatic carbocycles. The summed E-state index contributed by atoms with van der Waals surface area (Å²) in [4.78, 5) is 17.0. The Morgan fingerprint density at radius 3 is 2.67 bits per heavy atom. The van der Waals surface area contributed by atoms with Crippen LogP contribution in [0.4, 0.5) is 0 Å². The summed E-state index contributed by atoms with van der Waals surface area (Å²) in [6.07, 6.45) is 4.75. The molecule has 1 amide bonds. The molecule has 1 saturated carbocycles. The fourth-order valence-corrected chi connectivity index (χ4v) is 3.34. The van der Waals surface area contributed by atoms with Crippen molar-refractivity contribution in [2.75, 3.05) is 0 Å². The van der Waals surface area contributed by atoms with E-state index in [1.54, 1.807) is 11.0 Å². The highest BCUT2D eigenvalue weighted by atomic mass is 16.2. The average molecular weight is 330 g/mol. The summed E-state index contributed by atoms with van der Waals surface area (Å²) >= 11 is 0. The Morgan fingerprint density at radius 1 is 1.33 bits per heavy atom. The zero-order chi connectivity index (χ0) is 17.3. The zero-order valence-electron chi connectivity index (χ0n) is 14.9. The molecule has 1 unspecified atom stereocenters. The number of amides is 1. The van der Waals surface area contributed by atoms with Crippen LogP contribution in [0.3, 0.4) is 0 Å². The standard InChI is InChI=1S/C17H26N6O/c1-5-14-11(3)21-23(12(14)4)9-15(24)20-16(13-7-8-13)17-18-10-19-22(17)6-2/h10,13,16H,5-9H2,1-4H3,(H,20,24). The van der Waals surface area contributed by atoms with Crippen molar-refractivity contribution in [2.24, 2.45) is 5.92 Å². The number of nitrogens with zero attached hydrogens (tertiary/aromatic N) is 5. The van der Waals surface area contributed by atoms with Crippen molar-refractivity contribution in [1.82, 2.24) is 29.9 Å². The Balaban J connectivity index is 1.73. The van der Waals surface area contributed by atoms with Crippen LogP contribution in [-0.2, 0) is 24.3 Å². The van der Waals surface area contributed by atoms with Gasteiger partial charge in [0.1, 0.15) is 18.7 Å². The quantitative estimate of drug-likeness (QED) is 0.841. The topological polar surface area (TPSA) is 77.6 Å². The van der Waals surface area contributed by atoms with E-state index in [-0.39, 0.29) is 18.5 Å². The van der Waals surface area contributed by atoms with Gasteiger partial charge in [0, 0.05) is 12.2 Å². The Labute approximate surface area is 142 Å². The molecule has 0 aliphatic heterocycles. The normalized spacial score (nSPS) is 15.5. The molecule has 0 spiro atoms. The number of carbonyl (C=O) groups excluding carboxylic acids is 1. The highest BCUT2D eigenvalue weighted by Gasteiger charge is 2.36. The van der Waals surface area contributed by atoms with Gasteiger partial charge in [-0.1, -0.05) is 6.92 Å². The van der Waals surface area contributed by atoms with Crippen molar-refractivity contribution in [2.45, 2.75) is 66.1 Å². The first-order valence-electron chi connectivity index (χ1n) is 8.75. The van der Waals surface area contributed by atoms with Crippen LogP contribution in [-0.4, -0.2) is 30.5 Å². The SMILES string of the molecule is CCc1c(C)nn(CC(=O)NC(c2ncnn2CC)C2CC2)c1C. The average Bonchev–Trinajstić information content (AvgIpc) is 3.22. The second kappa shape index (κ2) is 6.75. The van der Waals surface area contributed by atoms with Crippen LogP contribution in [0.25, 0.3) is 0 Å². The van der Waals surface area contributed by atoms with Crippen molar-refractivity contribution in [1.29, 1.82) is 0 Å². The number of aryl methyl sites for hydroxylation is 2. The van der Waals surface area contributed by atoms with E-state index in [1.165, 1.54) is 5.56 Å². The van der Waals surface area contributed by atoms with Gasteiger partial charge in [0.2, 0.25) is 5.91 Å². The number of nitrogens with one attached hydrogen (secondary N) is 1. The molecule has 1 N–H and O–H groups in total. The number of rotatable bonds is 7. The van der Waals surface area contributed by atoms with Crippen molar-refractivity contribution in [3.05, 3.63) is 29.1 Å². The predicted octanol–water partition coefficient (Wildman–Crippen LogP) is 1.94. The van der Waals surface area contributed by atoms with Gasteiger partial charge in [-0.05, 0) is 51.5 Å². The lowest BCUT2D eigenvalue weighted by atomic mass is 10.1. The van der Waals surface area contributed by atoms with E-state index in [0.29, 0.717) is 5.92 Å². The number of carbonyl (C=O) groups is 1. The molecular formula is C17H26N6O. The number of hydrogen-bond acceptors (Lipinski definition) is 4. The van der Waals surface area contributed by atoms with Crippen LogP contribution in [0.5, 0.6) is 0 Å². The molecule has 0 radical (unpaired) electrons. The Hall–Kier alpha value is -2.18. The van der Waals surface area contributed by atoms with Crippen LogP contribution in [0.2, 0.25) is 0 Å². The van der Waals surface area contributed by atoms with E-state index in [4.69, 9.17) is 0 Å². The van der Waals surface area contributed by atoms with Crippen LogP contribution >= 0.6 is 0 Å². The lowest BCUT2D eigenvalue weighted by Gasteiger charge is -2.18. The van der Waals surface area contributed by atoms with Gasteiger partial charge in [0.25, 0.3) is 0 Å². The first-order valence-corrected chi connectivity index (χ1v) is 8.75. The van der Waals surface area contributed by atoms with Gasteiger partial charge in [0.05, 0.1) is 11.7 Å². The van der Waals surface area contributed by atoms with E-state index in [1.807, 2.05) is 25.5 Å². The van der Waals surface area contributed by atoms with Gasteiger partial charge in [-0.2, -0.15) is 10.2 Å². The third kappa shape index (κ3) is 3.20. The maximum absolute atomic E-state index is 12.6. The Bertz CT molecular complexity index is 728. The molecule has 0 saturated heterocycles. The monoisotopic (exact) mass is 330 g/mol. The van der Waals surface area contributed by atoms with Crippen LogP contribution in [0, 0.1) is 19.8 Å². The van der Waals surface area contributed by atoms with Gasteiger partial charge in [-0.15, -0.1) is 0 Å². The summed E-state index contributed by atoms with van der Waals surface area (Å²) in [7, 11) is 0. The molecule has 130 valence electrons. The minimum atomic E-state index is -0.0532. The first-order chi connectivity index (χ1) is 11.5. The predicted molar refractivity (Wildman–Crippen MR) is 90.4 cm³/mol. The minimum Gasteiger partial charge on any atom is -0.344 e. The molecule has 2 aromatic heterocycles. The van der Waals surface area contributed by atoms with E-state index < -0.39 is 0 Å². The van der Waals surface area contributed by atoms with E-state index in [2.05, 4.69) is 27.4 Å². The highest BCUT2D eigenvalue weighted by molar-refractivity contribution is 5.76. The summed E-state index contributed by atoms with van der Waals surface area (Å²) in [5, 5.41) is 11.9. The first kappa shape index (κ1) is 16.7. The summed E-state index contributed by atoms with van der Waals surface area (Å²) in [6, 6.07) is -0.0532. The molecule has 0 aromatic carbocycles. The summed E-state index contributed by atoms with van der Waals surface area (Å²) in [5.74, 6) is 1.30. The molecule has 1 fully saturated rings. The molecule has 2 aromatic rings. The van der Waals surface area contributed by atoms with Crippen LogP contribution < -0.4 is 5.32 Å². The molecule has 0 bridgehead atoms. The van der Waals surface area contributed by atoms with Crippen molar-refractivity contribution in [3.8, 4) is 0 Å². The fraction of sp³-hybridized carbons (Fsp3) is 0.647. The van der Waals surface area contributed by atoms with Crippen LogP contribution in [0.1, 0.15) is 55.5 Å². The van der Waals surface area contributed by atoms with Crippen molar-refractivity contribution in [3.63, 3.8) is 0 Å². The van der Waals surface area contributed by atoms with Gasteiger partial charge < -0.3 is 5.32 Å². The maximum Gasteiger partial charge on any atom is 0.242 e. The van der Waals surface area contributed by atoms with Gasteiger partial charge in [-0.3, -0.25) is 9.48 Å². The number of hydrogen-bond donors (Lipinski definition) is 1. The van der Waals surface area contributed by atoms with E-state index in [0.717, 1.165) is 43.0 Å². The lowest BCUT2D eigenvalue weighted by Crippen LogP contribution is -2.34. The third-order valence-electron chi connectivity index (χ3n) is 4.81. The lowest BCUT2D eigenvalue weighted by molar-refractivity contribution is -0.122. The Kier molecular flexibility index (Phi) is 4.69. The molecule has 1 aliphatic rings. The van der Waals surface area contributed by atoms with Gasteiger partial charge in [0.15, 0.2) is 0 Å². The van der Waals surface area contributed by atoms with E-state index >= 15 is 0 Å². The third-order valence-corrected chi connectivity index (χ3v) is 4.81. The minimum absolute atomic E-state index is 0.0224. The number of aromatic nitrogens is 5. The largest absolute Gasteiger partial charge is 0.344 e. The molecule has 7 nitrogen and oxygen atoms in total. The van der Waals surface area contributed by atoms with Gasteiger partial charge >= 0.3 is 0 Å². The summed E-state index contributed by atoms with van der Waals surface area (Å²) < 4.78 is 3.67. The van der Waals surface area contributed by atoms with Crippen LogP contribution in [0.15, 0.2) is 6.33 Å². The zero-order valence-corrected chi connectivity index (χ0v) is 14.9. The summed E-state index contributed by atoms with van der Waals surface area (Å²) in [6.45, 7) is 9.17. The summed E-state index contributed by atoms with van der Waals surface area (Å²) in [5.41, 5.74) is 3.31. The molecule has 24 heavy (non-hydrogen) atoms. The smallest absolute Gasteiger partial charge is 0.242 e. The molecule has 7 heteroatoms. The highest BCUT2D eigenvalue weighted by Crippen LogP contribution is 2.40. The second-order valence-electron chi connectivity index (χ2n) is 6.48. The van der Waals surface area contributed by atoms with E-state index in [9.17, 15) is 4.79 Å². The van der Waals surface area contributed by atoms with Gasteiger partial charge in [-0.25, -0.2) is 9.67 Å². The van der Waals surface area contributed by atoms with Crippen molar-refractivity contribution < 1.29 is 4.79 Å². The molecule has 2 heterocycles. The maximum atomic E-state index is 12.6. The Morgan fingerprint density at radius 2 is 2.08 bits per heavy atom. The fourth-order valence-electron chi connectivity index (χ4n) is 3.34. The second-order valence-corrected chi connectivity index (χ2v) is 6.48. The molecular weight excluding hydrogens is 304 g/mol.